The van der Waals surface area contributed by atoms with Crippen molar-refractivity contribution in [1.82, 2.24) is 4.98 Å². The summed E-state index contributed by atoms with van der Waals surface area (Å²) in [4.78, 5) is 32.7. The van der Waals surface area contributed by atoms with Crippen LogP contribution in [0.3, 0.4) is 0 Å². The van der Waals surface area contributed by atoms with Crippen LogP contribution in [0.5, 0.6) is 11.5 Å². The van der Waals surface area contributed by atoms with Gasteiger partial charge in [0.2, 0.25) is 0 Å². The number of halogens is 2. The highest BCUT2D eigenvalue weighted by Gasteiger charge is 2.48. The molecule has 0 aliphatic carbocycles. The zero-order chi connectivity index (χ0) is 28.4. The number of Topliss-reactive ketones (excluding diaryl/α,β-unsaturated/α-hetero) is 1. The summed E-state index contributed by atoms with van der Waals surface area (Å²) in [6.45, 7) is 2.62. The quantitative estimate of drug-likeness (QED) is 0.0967. The number of aliphatic hydroxyl groups excluding tert-OH is 1. The number of benzene rings is 3. The Morgan fingerprint density at radius 2 is 1.85 bits per heavy atom. The maximum Gasteiger partial charge on any atom is 0.301 e. The standard InChI is InChI=1S/C30H26ClFN2O5S/c1-3-4-5-14-39-22-13-8-18(15-23(22)38-2)26-25(27(35)17-6-9-19(31)10-7-17)28(36)29(37)34(26)30-33-21-12-11-20(32)16-24(21)40-30/h6-13,15-16,26,35H,3-5,14H2,1-2H3. The number of ether oxygens (including phenoxy) is 2. The third-order valence-electron chi connectivity index (χ3n) is 6.62. The topological polar surface area (TPSA) is 89.0 Å². The summed E-state index contributed by atoms with van der Waals surface area (Å²) in [5, 5.41) is 12.0. The predicted octanol–water partition coefficient (Wildman–Crippen LogP) is 7.29. The average Bonchev–Trinajstić information content (AvgIpc) is 3.48. The minimum Gasteiger partial charge on any atom is -0.507 e. The van der Waals surface area contributed by atoms with E-state index in [1.165, 1.54) is 30.2 Å². The molecule has 1 aliphatic rings. The summed E-state index contributed by atoms with van der Waals surface area (Å²) < 4.78 is 25.9. The maximum atomic E-state index is 13.9. The Hall–Kier alpha value is -3.95. The second-order valence-corrected chi connectivity index (χ2v) is 10.7. The lowest BCUT2D eigenvalue weighted by Gasteiger charge is -2.24. The van der Waals surface area contributed by atoms with Gasteiger partial charge in [-0.15, -0.1) is 0 Å². The van der Waals surface area contributed by atoms with Gasteiger partial charge in [0, 0.05) is 10.6 Å². The van der Waals surface area contributed by atoms with Crippen molar-refractivity contribution in [2.75, 3.05) is 18.6 Å². The van der Waals surface area contributed by atoms with Crippen LogP contribution in [0.15, 0.2) is 66.2 Å². The Balaban J connectivity index is 1.65. The van der Waals surface area contributed by atoms with Crippen LogP contribution in [-0.2, 0) is 9.59 Å². The number of anilines is 1. The molecule has 1 saturated heterocycles. The molecule has 0 bridgehead atoms. The molecule has 2 heterocycles. The van der Waals surface area contributed by atoms with E-state index in [2.05, 4.69) is 11.9 Å². The van der Waals surface area contributed by atoms with Crippen molar-refractivity contribution in [3.8, 4) is 11.5 Å². The van der Waals surface area contributed by atoms with E-state index in [-0.39, 0.29) is 16.5 Å². The van der Waals surface area contributed by atoms with E-state index in [4.69, 9.17) is 21.1 Å². The van der Waals surface area contributed by atoms with Crippen LogP contribution in [0.4, 0.5) is 9.52 Å². The van der Waals surface area contributed by atoms with Crippen LogP contribution < -0.4 is 14.4 Å². The molecule has 1 atom stereocenters. The number of carbonyl (C=O) groups is 2. The fourth-order valence-electron chi connectivity index (χ4n) is 4.61. The van der Waals surface area contributed by atoms with Gasteiger partial charge in [-0.25, -0.2) is 9.37 Å². The van der Waals surface area contributed by atoms with E-state index in [1.807, 2.05) is 0 Å². The van der Waals surface area contributed by atoms with E-state index < -0.39 is 23.5 Å². The number of methoxy groups -OCH3 is 1. The summed E-state index contributed by atoms with van der Waals surface area (Å²) in [5.74, 6) is -1.59. The van der Waals surface area contributed by atoms with Gasteiger partial charge in [-0.1, -0.05) is 48.8 Å². The Bertz CT molecular complexity index is 1620. The number of amides is 1. The Kier molecular flexibility index (Phi) is 8.04. The fraction of sp³-hybridized carbons (Fsp3) is 0.233. The van der Waals surface area contributed by atoms with Gasteiger partial charge in [0.15, 0.2) is 16.6 Å². The number of rotatable bonds is 9. The van der Waals surface area contributed by atoms with Gasteiger partial charge in [-0.05, 0) is 66.6 Å². The van der Waals surface area contributed by atoms with Crippen molar-refractivity contribution >= 4 is 55.7 Å². The molecular weight excluding hydrogens is 555 g/mol. The van der Waals surface area contributed by atoms with Crippen LogP contribution in [0.1, 0.15) is 43.4 Å². The van der Waals surface area contributed by atoms with E-state index >= 15 is 0 Å². The summed E-state index contributed by atoms with van der Waals surface area (Å²) >= 11 is 7.10. The first kappa shape index (κ1) is 27.6. The molecule has 1 aromatic heterocycles. The molecule has 3 aromatic carbocycles. The lowest BCUT2D eigenvalue weighted by atomic mass is 9.95. The number of hydrogen-bond donors (Lipinski definition) is 1. The number of thiazole rings is 1. The molecule has 1 unspecified atom stereocenters. The lowest BCUT2D eigenvalue weighted by molar-refractivity contribution is -0.132. The summed E-state index contributed by atoms with van der Waals surface area (Å²) in [7, 11) is 1.50. The number of carbonyl (C=O) groups excluding carboxylic acids is 2. The number of aromatic nitrogens is 1. The summed E-state index contributed by atoms with van der Waals surface area (Å²) in [6.07, 6.45) is 2.98. The molecule has 10 heteroatoms. The van der Waals surface area contributed by atoms with Gasteiger partial charge < -0.3 is 14.6 Å². The fourth-order valence-corrected chi connectivity index (χ4v) is 5.75. The summed E-state index contributed by atoms with van der Waals surface area (Å²) in [6, 6.07) is 14.5. The van der Waals surface area contributed by atoms with E-state index in [1.54, 1.807) is 42.5 Å². The number of nitrogens with zero attached hydrogens (tertiary/aromatic N) is 2. The Morgan fingerprint density at radius 3 is 2.58 bits per heavy atom. The largest absolute Gasteiger partial charge is 0.507 e. The van der Waals surface area contributed by atoms with Crippen LogP contribution in [0.2, 0.25) is 5.02 Å². The molecule has 1 aliphatic heterocycles. The number of fused-ring (bicyclic) bond motifs is 1. The van der Waals surface area contributed by atoms with Gasteiger partial charge >= 0.3 is 5.91 Å². The number of unbranched alkanes of at least 4 members (excludes halogenated alkanes) is 2. The first-order valence-corrected chi connectivity index (χ1v) is 14.0. The molecule has 40 heavy (non-hydrogen) atoms. The van der Waals surface area contributed by atoms with Gasteiger partial charge in [0.25, 0.3) is 5.78 Å². The number of aliphatic hydroxyl groups is 1. The molecule has 5 rings (SSSR count). The van der Waals surface area contributed by atoms with Crippen LogP contribution in [-0.4, -0.2) is 35.5 Å². The highest BCUT2D eigenvalue weighted by atomic mass is 35.5. The van der Waals surface area contributed by atoms with Crippen molar-refractivity contribution in [2.24, 2.45) is 0 Å². The van der Waals surface area contributed by atoms with Crippen LogP contribution in [0.25, 0.3) is 16.0 Å². The van der Waals surface area contributed by atoms with Crippen molar-refractivity contribution in [3.05, 3.63) is 88.2 Å². The third kappa shape index (κ3) is 5.26. The molecule has 0 saturated carbocycles. The van der Waals surface area contributed by atoms with Crippen LogP contribution >= 0.6 is 22.9 Å². The predicted molar refractivity (Wildman–Crippen MR) is 154 cm³/mol. The number of hydrogen-bond acceptors (Lipinski definition) is 7. The zero-order valence-electron chi connectivity index (χ0n) is 21.8. The molecule has 1 N–H and O–H groups in total. The van der Waals surface area contributed by atoms with Crippen molar-refractivity contribution in [2.45, 2.75) is 32.2 Å². The second kappa shape index (κ2) is 11.7. The van der Waals surface area contributed by atoms with Gasteiger partial charge in [0.05, 0.1) is 35.5 Å². The van der Waals surface area contributed by atoms with Crippen molar-refractivity contribution in [3.63, 3.8) is 0 Å². The first-order chi connectivity index (χ1) is 19.3. The zero-order valence-corrected chi connectivity index (χ0v) is 23.4. The van der Waals surface area contributed by atoms with E-state index in [0.717, 1.165) is 30.6 Å². The normalized spacial score (nSPS) is 16.6. The van der Waals surface area contributed by atoms with Gasteiger partial charge in [0.1, 0.15) is 11.6 Å². The van der Waals surface area contributed by atoms with Crippen molar-refractivity contribution < 1.29 is 28.6 Å². The molecule has 1 amide bonds. The van der Waals surface area contributed by atoms with Crippen molar-refractivity contribution in [1.29, 1.82) is 0 Å². The Morgan fingerprint density at radius 1 is 1.07 bits per heavy atom. The molecule has 7 nitrogen and oxygen atoms in total. The minimum absolute atomic E-state index is 0.114. The SMILES string of the molecule is CCCCCOc1ccc(C2C(=C(O)c3ccc(Cl)cc3)C(=O)C(=O)N2c2nc3ccc(F)cc3s2)cc1OC. The minimum atomic E-state index is -1.04. The summed E-state index contributed by atoms with van der Waals surface area (Å²) in [5.41, 5.74) is 1.18. The monoisotopic (exact) mass is 580 g/mol. The van der Waals surface area contributed by atoms with Gasteiger partial charge in [-0.3, -0.25) is 14.5 Å². The van der Waals surface area contributed by atoms with Crippen LogP contribution in [0, 0.1) is 5.82 Å². The van der Waals surface area contributed by atoms with Gasteiger partial charge in [-0.2, -0.15) is 0 Å². The maximum absolute atomic E-state index is 13.9. The average molecular weight is 581 g/mol. The third-order valence-corrected chi connectivity index (χ3v) is 7.89. The lowest BCUT2D eigenvalue weighted by Crippen LogP contribution is -2.29. The molecule has 0 spiro atoms. The first-order valence-electron chi connectivity index (χ1n) is 12.8. The highest BCUT2D eigenvalue weighted by molar-refractivity contribution is 7.22. The molecule has 1 fully saturated rings. The molecule has 4 aromatic rings. The smallest absolute Gasteiger partial charge is 0.301 e. The molecule has 0 radical (unpaired) electrons. The molecular formula is C30H26ClFN2O5S. The second-order valence-electron chi connectivity index (χ2n) is 9.25. The molecule has 206 valence electrons. The van der Waals surface area contributed by atoms with E-state index in [0.29, 0.717) is 44.5 Å². The number of ketones is 1. The van der Waals surface area contributed by atoms with E-state index in [9.17, 15) is 19.1 Å². The Labute approximate surface area is 239 Å². The highest BCUT2D eigenvalue weighted by Crippen LogP contribution is 2.46.